The number of hydrogen-bond acceptors (Lipinski definition) is 4. The zero-order valence-corrected chi connectivity index (χ0v) is 16.9. The molecule has 2 N–H and O–H groups in total. The first-order valence-corrected chi connectivity index (χ1v) is 10.8. The van der Waals surface area contributed by atoms with Crippen molar-refractivity contribution in [2.45, 2.75) is 25.7 Å². The molecule has 2 aliphatic rings. The summed E-state index contributed by atoms with van der Waals surface area (Å²) < 4.78 is 0. The van der Waals surface area contributed by atoms with Gasteiger partial charge in [-0.25, -0.2) is 0 Å². The number of amides is 1. The molecule has 0 fully saturated rings. The highest BCUT2D eigenvalue weighted by Crippen LogP contribution is 2.39. The average molecular weight is 402 g/mol. The number of anilines is 1. The zero-order chi connectivity index (χ0) is 19.6. The Bertz CT molecular complexity index is 1040. The Morgan fingerprint density at radius 3 is 2.59 bits per heavy atom. The predicted molar refractivity (Wildman–Crippen MR) is 119 cm³/mol. The van der Waals surface area contributed by atoms with E-state index in [1.165, 1.54) is 16.0 Å². The zero-order valence-electron chi connectivity index (χ0n) is 16.1. The summed E-state index contributed by atoms with van der Waals surface area (Å²) in [5.41, 5.74) is 4.54. The summed E-state index contributed by atoms with van der Waals surface area (Å²) >= 11 is 1.73. The van der Waals surface area contributed by atoms with Crippen LogP contribution in [0.3, 0.4) is 0 Å². The number of benzene rings is 2. The number of rotatable bonds is 4. The van der Waals surface area contributed by atoms with Crippen molar-refractivity contribution in [2.24, 2.45) is 0 Å². The largest absolute Gasteiger partial charge is 0.353 e. The summed E-state index contributed by atoms with van der Waals surface area (Å²) in [4.78, 5) is 16.6. The molecule has 2 aromatic carbocycles. The molecular weight excluding hydrogens is 378 g/mol. The summed E-state index contributed by atoms with van der Waals surface area (Å²) in [7, 11) is 0. The molecule has 5 rings (SSSR count). The molecule has 0 spiro atoms. The number of nitrogens with one attached hydrogen (secondary N) is 2. The maximum absolute atomic E-state index is 12.8. The van der Waals surface area contributed by atoms with Gasteiger partial charge in [0.2, 0.25) is 0 Å². The second-order valence-corrected chi connectivity index (χ2v) is 8.62. The van der Waals surface area contributed by atoms with Gasteiger partial charge in [-0.3, -0.25) is 9.69 Å². The van der Waals surface area contributed by atoms with Crippen LogP contribution in [0.5, 0.6) is 0 Å². The molecule has 3 heterocycles. The number of fused-ring (bicyclic) bond motifs is 3. The monoisotopic (exact) mass is 401 g/mol. The minimum Gasteiger partial charge on any atom is -0.353 e. The highest BCUT2D eigenvalue weighted by atomic mass is 32.1. The Balaban J connectivity index is 1.32. The maximum atomic E-state index is 12.8. The fourth-order valence-electron chi connectivity index (χ4n) is 4.03. The molecule has 0 saturated carbocycles. The van der Waals surface area contributed by atoms with Gasteiger partial charge in [-0.2, -0.15) is 0 Å². The lowest BCUT2D eigenvalue weighted by molar-refractivity contribution is 0.0942. The van der Waals surface area contributed by atoms with Crippen LogP contribution < -0.4 is 10.6 Å². The van der Waals surface area contributed by atoms with Crippen molar-refractivity contribution < 1.29 is 4.79 Å². The average Bonchev–Trinajstić information content (AvgIpc) is 3.12. The molecule has 4 nitrogen and oxygen atoms in total. The maximum Gasteiger partial charge on any atom is 0.256 e. The minimum absolute atomic E-state index is 0.0375. The number of carbonyl (C=O) groups is 1. The molecule has 0 bridgehead atoms. The Morgan fingerprint density at radius 1 is 1.03 bits per heavy atom. The van der Waals surface area contributed by atoms with Crippen LogP contribution in [0.2, 0.25) is 0 Å². The molecule has 146 valence electrons. The van der Waals surface area contributed by atoms with Crippen LogP contribution in [0, 0.1) is 0 Å². The molecule has 29 heavy (non-hydrogen) atoms. The van der Waals surface area contributed by atoms with Gasteiger partial charge in [0.05, 0.1) is 5.56 Å². The van der Waals surface area contributed by atoms with Gasteiger partial charge in [-0.05, 0) is 29.2 Å². The lowest BCUT2D eigenvalue weighted by Gasteiger charge is -2.28. The van der Waals surface area contributed by atoms with E-state index >= 15 is 0 Å². The van der Waals surface area contributed by atoms with Crippen LogP contribution in [0.25, 0.3) is 6.08 Å². The Kier molecular flexibility index (Phi) is 4.92. The Hall–Kier alpha value is -2.89. The van der Waals surface area contributed by atoms with E-state index < -0.39 is 0 Å². The van der Waals surface area contributed by atoms with Gasteiger partial charge in [-0.1, -0.05) is 66.7 Å². The van der Waals surface area contributed by atoms with Crippen LogP contribution >= 0.6 is 11.3 Å². The van der Waals surface area contributed by atoms with E-state index in [1.54, 1.807) is 11.3 Å². The first-order chi connectivity index (χ1) is 14.3. The summed E-state index contributed by atoms with van der Waals surface area (Å²) in [6.45, 7) is 2.84. The molecule has 1 aromatic heterocycles. The molecular formula is C24H23N3OS. The Morgan fingerprint density at radius 2 is 1.79 bits per heavy atom. The minimum atomic E-state index is -0.185. The van der Waals surface area contributed by atoms with Crippen LogP contribution in [-0.4, -0.2) is 23.5 Å². The highest BCUT2D eigenvalue weighted by molar-refractivity contribution is 7.16. The molecule has 0 radical (unpaired) electrons. The SMILES string of the molecule is O=C1N[C@@H](/C=C\c2ccccc2)Nc2sc3c(c21)CCN(Cc1ccccc1)C3. The van der Waals surface area contributed by atoms with Crippen molar-refractivity contribution in [1.29, 1.82) is 0 Å². The number of carbonyl (C=O) groups excluding carboxylic acids is 1. The van der Waals surface area contributed by atoms with E-state index in [4.69, 9.17) is 0 Å². The lowest BCUT2D eigenvalue weighted by atomic mass is 10.0. The van der Waals surface area contributed by atoms with Gasteiger partial charge in [-0.15, -0.1) is 11.3 Å². The Labute approximate surface area is 174 Å². The third-order valence-electron chi connectivity index (χ3n) is 5.47. The second-order valence-electron chi connectivity index (χ2n) is 7.52. The van der Waals surface area contributed by atoms with Gasteiger partial charge in [0.25, 0.3) is 5.91 Å². The highest BCUT2D eigenvalue weighted by Gasteiger charge is 2.32. The van der Waals surface area contributed by atoms with Gasteiger partial charge in [0.15, 0.2) is 0 Å². The van der Waals surface area contributed by atoms with Crippen LogP contribution in [-0.2, 0) is 19.5 Å². The van der Waals surface area contributed by atoms with Gasteiger partial charge in [0, 0.05) is 24.5 Å². The fourth-order valence-corrected chi connectivity index (χ4v) is 5.36. The van der Waals surface area contributed by atoms with E-state index in [0.29, 0.717) is 0 Å². The van der Waals surface area contributed by atoms with Gasteiger partial charge < -0.3 is 10.6 Å². The van der Waals surface area contributed by atoms with Crippen molar-refractivity contribution >= 4 is 28.3 Å². The summed E-state index contributed by atoms with van der Waals surface area (Å²) in [6, 6.07) is 20.7. The summed E-state index contributed by atoms with van der Waals surface area (Å²) in [5.74, 6) is 0.0375. The molecule has 0 saturated heterocycles. The second kappa shape index (κ2) is 7.85. The molecule has 3 aromatic rings. The van der Waals surface area contributed by atoms with Crippen molar-refractivity contribution in [3.63, 3.8) is 0 Å². The molecule has 2 aliphatic heterocycles. The van der Waals surface area contributed by atoms with E-state index in [1.807, 2.05) is 30.4 Å². The molecule has 5 heteroatoms. The van der Waals surface area contributed by atoms with E-state index in [2.05, 4.69) is 58.0 Å². The van der Waals surface area contributed by atoms with Crippen molar-refractivity contribution in [3.05, 3.63) is 93.9 Å². The molecule has 1 amide bonds. The molecule has 0 aliphatic carbocycles. The summed E-state index contributed by atoms with van der Waals surface area (Å²) in [5, 5.41) is 7.59. The quantitative estimate of drug-likeness (QED) is 0.676. The van der Waals surface area contributed by atoms with Crippen molar-refractivity contribution in [1.82, 2.24) is 10.2 Å². The van der Waals surface area contributed by atoms with Crippen LogP contribution in [0.4, 0.5) is 5.00 Å². The van der Waals surface area contributed by atoms with Crippen LogP contribution in [0.15, 0.2) is 66.7 Å². The molecule has 0 unspecified atom stereocenters. The standard InChI is InChI=1S/C24H23N3OS/c28-23-22-19-13-14-27(15-18-9-5-2-6-10-18)16-20(19)29-24(22)26-21(25-23)12-11-17-7-3-1-4-8-17/h1-12,21,26H,13-16H2,(H,25,28)/b12-11-/t21-/m1/s1. The summed E-state index contributed by atoms with van der Waals surface area (Å²) in [6.07, 6.45) is 4.79. The lowest BCUT2D eigenvalue weighted by Crippen LogP contribution is -2.43. The number of hydrogen-bond donors (Lipinski definition) is 2. The van der Waals surface area contributed by atoms with E-state index in [0.717, 1.165) is 42.2 Å². The number of thiophene rings is 1. The van der Waals surface area contributed by atoms with Crippen molar-refractivity contribution in [3.8, 4) is 0 Å². The van der Waals surface area contributed by atoms with E-state index in [9.17, 15) is 4.79 Å². The number of nitrogens with zero attached hydrogens (tertiary/aromatic N) is 1. The fraction of sp³-hybridized carbons (Fsp3) is 0.208. The van der Waals surface area contributed by atoms with E-state index in [-0.39, 0.29) is 12.1 Å². The van der Waals surface area contributed by atoms with Crippen molar-refractivity contribution in [2.75, 3.05) is 11.9 Å². The smallest absolute Gasteiger partial charge is 0.256 e. The normalized spacial score (nSPS) is 18.8. The topological polar surface area (TPSA) is 44.4 Å². The van der Waals surface area contributed by atoms with Gasteiger partial charge in [0.1, 0.15) is 11.2 Å². The first-order valence-electron chi connectivity index (χ1n) is 9.98. The third-order valence-corrected chi connectivity index (χ3v) is 6.61. The first kappa shape index (κ1) is 18.2. The predicted octanol–water partition coefficient (Wildman–Crippen LogP) is 4.50. The molecule has 1 atom stereocenters. The third kappa shape index (κ3) is 3.84. The van der Waals surface area contributed by atoms with Crippen LogP contribution in [0.1, 0.15) is 31.9 Å². The van der Waals surface area contributed by atoms with Gasteiger partial charge >= 0.3 is 0 Å².